The second-order valence-corrected chi connectivity index (χ2v) is 11.7. The molecule has 0 bridgehead atoms. The number of amides is 2. The highest BCUT2D eigenvalue weighted by molar-refractivity contribution is 6.13. The van der Waals surface area contributed by atoms with Gasteiger partial charge in [0.25, 0.3) is 0 Å². The van der Waals surface area contributed by atoms with E-state index in [2.05, 4.69) is 46.9 Å². The number of nitrogens with zero attached hydrogens (tertiary/aromatic N) is 2. The van der Waals surface area contributed by atoms with E-state index in [-0.39, 0.29) is 36.7 Å². The lowest BCUT2D eigenvalue weighted by Crippen LogP contribution is -2.51. The topological polar surface area (TPSA) is 69.7 Å². The number of carbonyl (C=O) groups excluding carboxylic acids is 3. The molecule has 6 nitrogen and oxygen atoms in total. The van der Waals surface area contributed by atoms with E-state index < -0.39 is 0 Å². The Morgan fingerprint density at radius 1 is 0.971 bits per heavy atom. The van der Waals surface area contributed by atoms with Crippen molar-refractivity contribution < 1.29 is 14.4 Å². The highest BCUT2D eigenvalue weighted by atomic mass is 16.2. The normalized spacial score (nSPS) is 18.1. The summed E-state index contributed by atoms with van der Waals surface area (Å²) in [6, 6.07) is 5.94. The fourth-order valence-corrected chi connectivity index (χ4v) is 4.18. The lowest BCUT2D eigenvalue weighted by Gasteiger charge is -2.37. The van der Waals surface area contributed by atoms with Gasteiger partial charge in [-0.2, -0.15) is 0 Å². The predicted molar refractivity (Wildman–Crippen MR) is 145 cm³/mol. The number of rotatable bonds is 5. The summed E-state index contributed by atoms with van der Waals surface area (Å²) in [6.07, 6.45) is 9.13. The monoisotopic (exact) mass is 485 g/mol. The van der Waals surface area contributed by atoms with Crippen molar-refractivity contribution >= 4 is 29.0 Å². The highest BCUT2D eigenvalue weighted by Gasteiger charge is 2.40. The maximum atomic E-state index is 12.9. The minimum Gasteiger partial charge on any atom is -0.306 e. The van der Waals surface area contributed by atoms with Gasteiger partial charge < -0.3 is 10.2 Å². The van der Waals surface area contributed by atoms with Crippen LogP contribution < -0.4 is 15.1 Å². The standard InChI is InChI=1S/C21H27N3O3.C5H12.C3H8/c1-14(25)15-7-10-18-19(11-15)23(13-21(27)24(18)17-8-9-17)20(26)12-22-16-5-3-2-4-6-16;1-5(2,3)4;1-3-2/h7,10-11,16-17,22H,2-6,8-9,12-13H2,1H3;1-4H3;3H2,1-2H3. The van der Waals surface area contributed by atoms with Gasteiger partial charge >= 0.3 is 0 Å². The molecule has 2 fully saturated rings. The molecule has 6 heteroatoms. The van der Waals surface area contributed by atoms with Crippen LogP contribution in [0.1, 0.15) is 110 Å². The van der Waals surface area contributed by atoms with E-state index in [1.807, 2.05) is 11.0 Å². The second kappa shape index (κ2) is 13.2. The number of fused-ring (bicyclic) bond motifs is 1. The summed E-state index contributed by atoms with van der Waals surface area (Å²) >= 11 is 0. The molecule has 1 N–H and O–H groups in total. The Balaban J connectivity index is 0.000000473. The molecule has 35 heavy (non-hydrogen) atoms. The van der Waals surface area contributed by atoms with Crippen LogP contribution in [0.4, 0.5) is 11.4 Å². The summed E-state index contributed by atoms with van der Waals surface area (Å²) in [6.45, 7) is 14.8. The van der Waals surface area contributed by atoms with Crippen LogP contribution in [0.15, 0.2) is 18.2 Å². The second-order valence-electron chi connectivity index (χ2n) is 11.7. The Kier molecular flexibility index (Phi) is 10.9. The number of anilines is 2. The quantitative estimate of drug-likeness (QED) is 0.510. The Bertz CT molecular complexity index is 858. The molecule has 2 aliphatic carbocycles. The fraction of sp³-hybridized carbons (Fsp3) is 0.690. The summed E-state index contributed by atoms with van der Waals surface area (Å²) in [5.41, 5.74) is 2.51. The summed E-state index contributed by atoms with van der Waals surface area (Å²) in [4.78, 5) is 40.9. The van der Waals surface area contributed by atoms with E-state index in [1.165, 1.54) is 32.6 Å². The molecule has 2 saturated carbocycles. The Hall–Kier alpha value is -2.21. The molecule has 0 saturated heterocycles. The summed E-state index contributed by atoms with van der Waals surface area (Å²) in [5.74, 6) is -0.182. The van der Waals surface area contributed by atoms with Crippen molar-refractivity contribution in [2.45, 2.75) is 112 Å². The van der Waals surface area contributed by atoms with Crippen molar-refractivity contribution in [2.24, 2.45) is 5.41 Å². The predicted octanol–water partition coefficient (Wildman–Crippen LogP) is 6.12. The molecule has 0 unspecified atom stereocenters. The van der Waals surface area contributed by atoms with Crippen LogP contribution in [0.25, 0.3) is 0 Å². The molecular formula is C29H47N3O3. The minimum atomic E-state index is -0.105. The van der Waals surface area contributed by atoms with Gasteiger partial charge in [0.2, 0.25) is 11.8 Å². The number of nitrogens with one attached hydrogen (secondary N) is 1. The molecule has 4 rings (SSSR count). The van der Waals surface area contributed by atoms with E-state index in [1.54, 1.807) is 17.0 Å². The first-order valence-electron chi connectivity index (χ1n) is 13.5. The van der Waals surface area contributed by atoms with E-state index in [0.717, 1.165) is 31.4 Å². The number of hydrogen-bond donors (Lipinski definition) is 1. The minimum absolute atomic E-state index is 0.0356. The van der Waals surface area contributed by atoms with Gasteiger partial charge in [-0.05, 0) is 56.2 Å². The molecule has 0 spiro atoms. The number of benzene rings is 1. The van der Waals surface area contributed by atoms with E-state index in [4.69, 9.17) is 0 Å². The number of carbonyl (C=O) groups is 3. The molecule has 1 aromatic rings. The highest BCUT2D eigenvalue weighted by Crippen LogP contribution is 2.41. The molecule has 3 aliphatic rings. The third kappa shape index (κ3) is 9.40. The summed E-state index contributed by atoms with van der Waals surface area (Å²) < 4.78 is 0. The van der Waals surface area contributed by atoms with Crippen LogP contribution in [0.5, 0.6) is 0 Å². The van der Waals surface area contributed by atoms with E-state index in [0.29, 0.717) is 22.7 Å². The van der Waals surface area contributed by atoms with Gasteiger partial charge in [-0.3, -0.25) is 19.3 Å². The van der Waals surface area contributed by atoms with Gasteiger partial charge in [-0.1, -0.05) is 67.2 Å². The average Bonchev–Trinajstić information content (AvgIpc) is 3.61. The van der Waals surface area contributed by atoms with Gasteiger partial charge in [0, 0.05) is 17.6 Å². The first-order chi connectivity index (χ1) is 16.5. The number of ketones is 1. The maximum absolute atomic E-state index is 12.9. The largest absolute Gasteiger partial charge is 0.306 e. The van der Waals surface area contributed by atoms with Crippen LogP contribution in [0, 0.1) is 5.41 Å². The average molecular weight is 486 g/mol. The van der Waals surface area contributed by atoms with Gasteiger partial charge in [0.15, 0.2) is 5.78 Å². The molecule has 0 radical (unpaired) electrons. The van der Waals surface area contributed by atoms with Crippen molar-refractivity contribution in [3.8, 4) is 0 Å². The van der Waals surface area contributed by atoms with E-state index in [9.17, 15) is 14.4 Å². The zero-order valence-corrected chi connectivity index (χ0v) is 23.1. The molecule has 196 valence electrons. The number of hydrogen-bond acceptors (Lipinski definition) is 4. The molecule has 2 amide bonds. The Morgan fingerprint density at radius 2 is 1.54 bits per heavy atom. The summed E-state index contributed by atoms with van der Waals surface area (Å²) in [5, 5.41) is 3.36. The Morgan fingerprint density at radius 3 is 2.06 bits per heavy atom. The number of Topliss-reactive ketones (excluding diaryl/α,β-unsaturated/α-hetero) is 1. The van der Waals surface area contributed by atoms with Crippen molar-refractivity contribution in [2.75, 3.05) is 22.9 Å². The van der Waals surface area contributed by atoms with Crippen molar-refractivity contribution in [1.29, 1.82) is 0 Å². The zero-order valence-electron chi connectivity index (χ0n) is 23.1. The van der Waals surface area contributed by atoms with Crippen LogP contribution in [0.2, 0.25) is 0 Å². The van der Waals surface area contributed by atoms with Gasteiger partial charge in [0.05, 0.1) is 17.9 Å². The molecular weight excluding hydrogens is 438 g/mol. The van der Waals surface area contributed by atoms with Crippen LogP contribution >= 0.6 is 0 Å². The van der Waals surface area contributed by atoms with E-state index >= 15 is 0 Å². The molecule has 1 aliphatic heterocycles. The first kappa shape index (κ1) is 29.0. The SMILES string of the molecule is CC(=O)c1ccc2c(c1)N(C(=O)CNC1CCCCC1)CC(=O)N2C1CC1.CC(C)(C)C.CCC. The van der Waals surface area contributed by atoms with Gasteiger partial charge in [0.1, 0.15) is 6.54 Å². The lowest BCUT2D eigenvalue weighted by molar-refractivity contribution is -0.122. The molecule has 1 aromatic carbocycles. The zero-order chi connectivity index (χ0) is 26.2. The van der Waals surface area contributed by atoms with Crippen molar-refractivity contribution in [3.05, 3.63) is 23.8 Å². The Labute approximate surface area is 212 Å². The lowest BCUT2D eigenvalue weighted by atomic mass is 9.95. The fourth-order valence-electron chi connectivity index (χ4n) is 4.18. The first-order valence-corrected chi connectivity index (χ1v) is 13.5. The third-order valence-electron chi connectivity index (χ3n) is 5.85. The van der Waals surface area contributed by atoms with Crippen LogP contribution in [-0.2, 0) is 9.59 Å². The van der Waals surface area contributed by atoms with Crippen LogP contribution in [-0.4, -0.2) is 42.8 Å². The van der Waals surface area contributed by atoms with Crippen LogP contribution in [0.3, 0.4) is 0 Å². The smallest absolute Gasteiger partial charge is 0.247 e. The molecule has 0 aromatic heterocycles. The van der Waals surface area contributed by atoms with Crippen molar-refractivity contribution in [3.63, 3.8) is 0 Å². The molecule has 0 atom stereocenters. The van der Waals surface area contributed by atoms with Gasteiger partial charge in [-0.15, -0.1) is 0 Å². The van der Waals surface area contributed by atoms with Crippen molar-refractivity contribution in [1.82, 2.24) is 5.32 Å². The maximum Gasteiger partial charge on any atom is 0.247 e. The summed E-state index contributed by atoms with van der Waals surface area (Å²) in [7, 11) is 0. The van der Waals surface area contributed by atoms with Gasteiger partial charge in [-0.25, -0.2) is 0 Å². The molecule has 1 heterocycles. The third-order valence-corrected chi connectivity index (χ3v) is 5.85.